The SMILES string of the molecule is C=C1C(=O)O[C@H]2[C@H]1CC/C(COC(=O)/C=C/c1cccc(F)c1)=C\CC[C@@]1(C)O[C@@H]21. The molecule has 1 aromatic rings. The Morgan fingerprint density at radius 2 is 2.27 bits per heavy atom. The van der Waals surface area contributed by atoms with Gasteiger partial charge in [0.15, 0.2) is 0 Å². The second-order valence-electron chi connectivity index (χ2n) is 8.29. The Morgan fingerprint density at radius 1 is 1.43 bits per heavy atom. The van der Waals surface area contributed by atoms with E-state index in [1.54, 1.807) is 12.1 Å². The number of epoxide rings is 1. The van der Waals surface area contributed by atoms with Gasteiger partial charge in [-0.1, -0.05) is 24.8 Å². The van der Waals surface area contributed by atoms with Crippen LogP contribution in [0.1, 0.15) is 38.2 Å². The zero-order chi connectivity index (χ0) is 21.3. The topological polar surface area (TPSA) is 65.1 Å². The maximum atomic E-state index is 13.2. The molecule has 30 heavy (non-hydrogen) atoms. The molecule has 0 aromatic heterocycles. The van der Waals surface area contributed by atoms with Crippen molar-refractivity contribution in [3.63, 3.8) is 0 Å². The van der Waals surface area contributed by atoms with Crippen LogP contribution in [-0.4, -0.2) is 36.4 Å². The van der Waals surface area contributed by atoms with Crippen LogP contribution in [0.3, 0.4) is 0 Å². The van der Waals surface area contributed by atoms with Gasteiger partial charge in [-0.3, -0.25) is 0 Å². The molecule has 0 spiro atoms. The number of ether oxygens (including phenoxy) is 3. The van der Waals surface area contributed by atoms with Crippen LogP contribution >= 0.6 is 0 Å². The van der Waals surface area contributed by atoms with Crippen molar-refractivity contribution >= 4 is 18.0 Å². The Bertz CT molecular complexity index is 933. The van der Waals surface area contributed by atoms with Crippen molar-refractivity contribution in [2.45, 2.75) is 50.4 Å². The van der Waals surface area contributed by atoms with E-state index in [2.05, 4.69) is 12.7 Å². The van der Waals surface area contributed by atoms with Crippen LogP contribution in [0.5, 0.6) is 0 Å². The predicted octanol–water partition coefficient (Wildman–Crippen LogP) is 4.14. The normalized spacial score (nSPS) is 32.6. The first kappa shape index (κ1) is 20.5. The lowest BCUT2D eigenvalue weighted by Gasteiger charge is -2.20. The van der Waals surface area contributed by atoms with Gasteiger partial charge in [0.05, 0.1) is 5.60 Å². The molecule has 158 valence electrons. The van der Waals surface area contributed by atoms with Crippen molar-refractivity contribution in [1.29, 1.82) is 0 Å². The van der Waals surface area contributed by atoms with Crippen molar-refractivity contribution in [3.05, 3.63) is 65.5 Å². The number of fused-ring (bicyclic) bond motifs is 3. The van der Waals surface area contributed by atoms with Gasteiger partial charge < -0.3 is 14.2 Å². The van der Waals surface area contributed by atoms with Gasteiger partial charge in [-0.15, -0.1) is 0 Å². The van der Waals surface area contributed by atoms with Crippen LogP contribution in [0, 0.1) is 11.7 Å². The molecular weight excluding hydrogens is 387 g/mol. The van der Waals surface area contributed by atoms with Crippen molar-refractivity contribution in [3.8, 4) is 0 Å². The quantitative estimate of drug-likeness (QED) is 0.322. The lowest BCUT2D eigenvalue weighted by Crippen LogP contribution is -2.29. The molecule has 5 nitrogen and oxygen atoms in total. The molecule has 2 aliphatic heterocycles. The van der Waals surface area contributed by atoms with E-state index in [1.165, 1.54) is 24.3 Å². The Kier molecular flexibility index (Phi) is 5.60. The Hall–Kier alpha value is -2.73. The molecule has 0 radical (unpaired) electrons. The van der Waals surface area contributed by atoms with E-state index in [9.17, 15) is 14.0 Å². The molecular formula is C24H25FO5. The molecule has 0 amide bonds. The smallest absolute Gasteiger partial charge is 0.334 e. The zero-order valence-corrected chi connectivity index (χ0v) is 16.9. The lowest BCUT2D eigenvalue weighted by molar-refractivity contribution is -0.140. The molecule has 0 saturated carbocycles. The first-order valence-electron chi connectivity index (χ1n) is 10.2. The Balaban J connectivity index is 1.38. The Labute approximate surface area is 175 Å². The molecule has 4 rings (SSSR count). The summed E-state index contributed by atoms with van der Waals surface area (Å²) in [6.07, 6.45) is 7.52. The molecule has 2 heterocycles. The number of rotatable bonds is 4. The summed E-state index contributed by atoms with van der Waals surface area (Å²) in [6, 6.07) is 5.98. The molecule has 1 aliphatic carbocycles. The van der Waals surface area contributed by atoms with E-state index in [0.717, 1.165) is 18.4 Å². The molecule has 4 atom stereocenters. The van der Waals surface area contributed by atoms with Crippen molar-refractivity contribution in [1.82, 2.24) is 0 Å². The van der Waals surface area contributed by atoms with Crippen LogP contribution in [0.25, 0.3) is 6.08 Å². The van der Waals surface area contributed by atoms with Crippen molar-refractivity contribution < 1.29 is 28.2 Å². The summed E-state index contributed by atoms with van der Waals surface area (Å²) >= 11 is 0. The highest BCUT2D eigenvalue weighted by atomic mass is 19.1. The van der Waals surface area contributed by atoms with E-state index in [1.807, 2.05) is 6.92 Å². The summed E-state index contributed by atoms with van der Waals surface area (Å²) < 4.78 is 30.0. The van der Waals surface area contributed by atoms with E-state index >= 15 is 0 Å². The number of benzene rings is 1. The van der Waals surface area contributed by atoms with Gasteiger partial charge in [0.2, 0.25) is 0 Å². The summed E-state index contributed by atoms with van der Waals surface area (Å²) in [5.74, 6) is -1.28. The second kappa shape index (κ2) is 8.19. The lowest BCUT2D eigenvalue weighted by atomic mass is 9.84. The van der Waals surface area contributed by atoms with Gasteiger partial charge in [-0.25, -0.2) is 14.0 Å². The van der Waals surface area contributed by atoms with Crippen molar-refractivity contribution in [2.75, 3.05) is 6.61 Å². The van der Waals surface area contributed by atoms with Crippen molar-refractivity contribution in [2.24, 2.45) is 5.92 Å². The number of allylic oxidation sites excluding steroid dienone is 1. The minimum Gasteiger partial charge on any atom is -0.458 e. The number of hydrogen-bond acceptors (Lipinski definition) is 5. The molecule has 0 unspecified atom stereocenters. The van der Waals surface area contributed by atoms with E-state index < -0.39 is 5.97 Å². The number of halogens is 1. The van der Waals surface area contributed by atoms with Gasteiger partial charge in [0.1, 0.15) is 24.6 Å². The molecule has 3 aliphatic rings. The maximum Gasteiger partial charge on any atom is 0.334 e. The largest absolute Gasteiger partial charge is 0.458 e. The van der Waals surface area contributed by atoms with Crippen LogP contribution in [0.4, 0.5) is 4.39 Å². The number of esters is 2. The predicted molar refractivity (Wildman–Crippen MR) is 109 cm³/mol. The standard InChI is InChI=1S/C24H25FO5/c1-15-19-10-8-17(6-4-12-24(2)22(30-24)21(19)29-23(15)27)14-28-20(26)11-9-16-5-3-7-18(25)13-16/h3,5-7,9,11,13,19,21-22H,1,4,8,10,12,14H2,2H3/b11-9+,17-6+/t19-,21-,22-,24+/m0/s1. The summed E-state index contributed by atoms with van der Waals surface area (Å²) in [5, 5.41) is 0. The summed E-state index contributed by atoms with van der Waals surface area (Å²) in [5.41, 5.74) is 1.79. The fourth-order valence-electron chi connectivity index (χ4n) is 4.24. The third-order valence-electron chi connectivity index (χ3n) is 6.10. The summed E-state index contributed by atoms with van der Waals surface area (Å²) in [7, 11) is 0. The van der Waals surface area contributed by atoms with Crippen LogP contribution in [0.2, 0.25) is 0 Å². The van der Waals surface area contributed by atoms with Gasteiger partial charge in [-0.05, 0) is 62.0 Å². The highest BCUT2D eigenvalue weighted by molar-refractivity contribution is 5.91. The third kappa shape index (κ3) is 4.38. The number of hydrogen-bond donors (Lipinski definition) is 0. The van der Waals surface area contributed by atoms with Gasteiger partial charge in [0.25, 0.3) is 0 Å². The van der Waals surface area contributed by atoms with Gasteiger partial charge in [0, 0.05) is 17.6 Å². The van der Waals surface area contributed by atoms with Crippen LogP contribution < -0.4 is 0 Å². The second-order valence-corrected chi connectivity index (χ2v) is 8.29. The van der Waals surface area contributed by atoms with Crippen LogP contribution in [-0.2, 0) is 23.8 Å². The summed E-state index contributed by atoms with van der Waals surface area (Å²) in [6.45, 7) is 6.12. The molecule has 0 bridgehead atoms. The average molecular weight is 412 g/mol. The number of carbonyl (C=O) groups excluding carboxylic acids is 2. The summed E-state index contributed by atoms with van der Waals surface area (Å²) in [4.78, 5) is 24.1. The molecule has 2 fully saturated rings. The third-order valence-corrected chi connectivity index (χ3v) is 6.10. The first-order chi connectivity index (χ1) is 14.4. The van der Waals surface area contributed by atoms with E-state index in [4.69, 9.17) is 14.2 Å². The van der Waals surface area contributed by atoms with Gasteiger partial charge >= 0.3 is 11.9 Å². The molecule has 2 saturated heterocycles. The highest BCUT2D eigenvalue weighted by Gasteiger charge is 2.61. The molecule has 6 heteroatoms. The van der Waals surface area contributed by atoms with E-state index in [0.29, 0.717) is 24.0 Å². The van der Waals surface area contributed by atoms with Gasteiger partial charge in [-0.2, -0.15) is 0 Å². The number of carbonyl (C=O) groups is 2. The molecule has 1 aromatic carbocycles. The molecule has 0 N–H and O–H groups in total. The minimum absolute atomic E-state index is 0.0774. The minimum atomic E-state index is -0.489. The Morgan fingerprint density at radius 3 is 3.07 bits per heavy atom. The highest BCUT2D eigenvalue weighted by Crippen LogP contribution is 2.49. The monoisotopic (exact) mass is 412 g/mol. The first-order valence-corrected chi connectivity index (χ1v) is 10.2. The fourth-order valence-corrected chi connectivity index (χ4v) is 4.24. The van der Waals surface area contributed by atoms with E-state index in [-0.39, 0.29) is 42.1 Å². The maximum absolute atomic E-state index is 13.2. The average Bonchev–Trinajstić information content (AvgIpc) is 3.30. The van der Waals surface area contributed by atoms with Crippen LogP contribution in [0.15, 0.2) is 54.1 Å². The zero-order valence-electron chi connectivity index (χ0n) is 16.9. The fraction of sp³-hybridized carbons (Fsp3) is 0.417.